The van der Waals surface area contributed by atoms with Crippen LogP contribution in [0.2, 0.25) is 0 Å². The van der Waals surface area contributed by atoms with E-state index in [1.165, 1.54) is 30.3 Å². The second-order valence-corrected chi connectivity index (χ2v) is 12.7. The van der Waals surface area contributed by atoms with Crippen LogP contribution in [0.15, 0.2) is 64.4 Å². The molecule has 1 aromatic heterocycles. The van der Waals surface area contributed by atoms with Crippen molar-refractivity contribution in [3.63, 3.8) is 0 Å². The van der Waals surface area contributed by atoms with Crippen molar-refractivity contribution in [1.29, 1.82) is 0 Å². The third kappa shape index (κ3) is 4.32. The molecule has 0 fully saturated rings. The summed E-state index contributed by atoms with van der Waals surface area (Å²) in [5.41, 5.74) is 2.77. The number of carbonyl (C=O) groups is 3. The molecule has 2 aromatic carbocycles. The van der Waals surface area contributed by atoms with Crippen LogP contribution in [-0.2, 0) is 9.59 Å². The van der Waals surface area contributed by atoms with Crippen molar-refractivity contribution in [2.24, 2.45) is 17.6 Å². The molecule has 0 saturated heterocycles. The zero-order chi connectivity index (χ0) is 33.4. The number of nitrogens with two attached hydrogens (primary N) is 1. The lowest BCUT2D eigenvalue weighted by Gasteiger charge is -2.53. The quantitative estimate of drug-likeness (QED) is 0.152. The minimum Gasteiger partial charge on any atom is -0.510 e. The predicted molar refractivity (Wildman–Crippen MR) is 167 cm³/mol. The molecule has 0 saturated carbocycles. The number of Topliss-reactive ketones (excluding diaryl/α,β-unsaturated/α-hetero) is 2. The van der Waals surface area contributed by atoms with Gasteiger partial charge >= 0.3 is 0 Å². The minimum atomic E-state index is -2.98. The van der Waals surface area contributed by atoms with Gasteiger partial charge in [-0.15, -0.1) is 11.3 Å². The fraction of sp³-hybridized carbons (Fsp3) is 0.312. The molecule has 1 heterocycles. The molecular weight excluding hydrogens is 616 g/mol. The lowest BCUT2D eigenvalue weighted by Crippen LogP contribution is -2.68. The number of benzene rings is 2. The van der Waals surface area contributed by atoms with Crippen LogP contribution < -0.4 is 15.8 Å². The molecular formula is C32H32N4O9S. The number of rotatable bonds is 6. The van der Waals surface area contributed by atoms with Gasteiger partial charge in [0, 0.05) is 22.4 Å². The maximum atomic E-state index is 14.1. The Hall–Kier alpha value is -4.76. The fourth-order valence-electron chi connectivity index (χ4n) is 7.06. The number of aromatic hydroxyl groups is 1. The molecule has 3 aliphatic rings. The first-order valence-electron chi connectivity index (χ1n) is 14.3. The molecule has 0 unspecified atom stereocenters. The SMILES string of the molecule is COc1ccc(-c2csc(Nc3ccc4c(c3O)C(=O)C3=C(O)[C@@]5(O)C(=O)C(C(N)=O)=C(O)[C@H](N(C)C)[C@H]5[C@H](O)[C@@H]3[C@@H]4C)n2)cc1. The highest BCUT2D eigenvalue weighted by Crippen LogP contribution is 2.56. The number of methoxy groups -OCH3 is 1. The van der Waals surface area contributed by atoms with Crippen LogP contribution in [0.4, 0.5) is 10.8 Å². The second kappa shape index (κ2) is 10.9. The molecule has 13 nitrogen and oxygen atoms in total. The fourth-order valence-corrected chi connectivity index (χ4v) is 7.80. The third-order valence-corrected chi connectivity index (χ3v) is 10.0. The van der Waals surface area contributed by atoms with Crippen LogP contribution >= 0.6 is 11.3 Å². The Kier molecular flexibility index (Phi) is 7.43. The van der Waals surface area contributed by atoms with Crippen molar-refractivity contribution >= 4 is 39.6 Å². The molecule has 0 aliphatic heterocycles. The van der Waals surface area contributed by atoms with Crippen molar-refractivity contribution in [2.45, 2.75) is 30.6 Å². The summed E-state index contributed by atoms with van der Waals surface area (Å²) in [7, 11) is 4.54. The third-order valence-electron chi connectivity index (χ3n) is 9.26. The summed E-state index contributed by atoms with van der Waals surface area (Å²) in [5, 5.41) is 62.7. The maximum absolute atomic E-state index is 14.1. The van der Waals surface area contributed by atoms with E-state index in [2.05, 4.69) is 10.3 Å². The normalized spacial score (nSPS) is 27.3. The van der Waals surface area contributed by atoms with Gasteiger partial charge in [-0.3, -0.25) is 19.3 Å². The Balaban J connectivity index is 1.42. The molecule has 3 aliphatic carbocycles. The summed E-state index contributed by atoms with van der Waals surface area (Å²) < 4.78 is 5.20. The van der Waals surface area contributed by atoms with E-state index in [1.54, 1.807) is 38.3 Å². The standard InChI is InChI=1S/C32H32N4O9S/c1-12-15-9-10-16(34-31-35-17(11-46-31)13-5-7-14(45-4)8-6-13)24(37)19(15)25(38)20-18(12)26(39)22-23(36(2)3)27(40)21(30(33)43)29(42)32(22,44)28(20)41/h5-12,18,22-23,26,37,39-41,44H,1-4H3,(H2,33,43)(H,34,35)/t12-,18-,22+,23-,26-,32-/m1/s1. The van der Waals surface area contributed by atoms with Crippen LogP contribution in [-0.4, -0.2) is 91.8 Å². The Morgan fingerprint density at radius 3 is 2.39 bits per heavy atom. The minimum absolute atomic E-state index is 0.131. The van der Waals surface area contributed by atoms with E-state index < -0.39 is 81.4 Å². The molecule has 0 spiro atoms. The van der Waals surface area contributed by atoms with E-state index in [4.69, 9.17) is 10.5 Å². The summed E-state index contributed by atoms with van der Waals surface area (Å²) in [6.45, 7) is 1.67. The number of aromatic nitrogens is 1. The van der Waals surface area contributed by atoms with Gasteiger partial charge in [0.15, 0.2) is 22.3 Å². The highest BCUT2D eigenvalue weighted by molar-refractivity contribution is 7.14. The number of primary amides is 1. The average molecular weight is 649 g/mol. The Labute approximate surface area is 266 Å². The molecule has 6 atom stereocenters. The number of phenols is 1. The maximum Gasteiger partial charge on any atom is 0.255 e. The van der Waals surface area contributed by atoms with Gasteiger partial charge in [0.2, 0.25) is 5.78 Å². The van der Waals surface area contributed by atoms with Gasteiger partial charge in [-0.05, 0) is 55.9 Å². The number of amides is 1. The number of anilines is 2. The van der Waals surface area contributed by atoms with E-state index in [0.29, 0.717) is 22.1 Å². The molecule has 240 valence electrons. The summed E-state index contributed by atoms with van der Waals surface area (Å²) >= 11 is 1.26. The number of fused-ring (bicyclic) bond motifs is 3. The number of nitrogens with one attached hydrogen (secondary N) is 1. The topological polar surface area (TPSA) is 216 Å². The number of nitrogens with zero attached hydrogens (tertiary/aromatic N) is 2. The lowest BCUT2D eigenvalue weighted by molar-refractivity contribution is -0.162. The molecule has 0 radical (unpaired) electrons. The van der Waals surface area contributed by atoms with Crippen molar-refractivity contribution in [3.8, 4) is 22.8 Å². The molecule has 14 heteroatoms. The van der Waals surface area contributed by atoms with Crippen LogP contribution in [0.1, 0.15) is 28.8 Å². The van der Waals surface area contributed by atoms with Crippen LogP contribution in [0.3, 0.4) is 0 Å². The van der Waals surface area contributed by atoms with Gasteiger partial charge in [0.05, 0.1) is 42.1 Å². The molecule has 3 aromatic rings. The summed E-state index contributed by atoms with van der Waals surface area (Å²) in [6.07, 6.45) is -1.66. The zero-order valence-electron chi connectivity index (χ0n) is 25.2. The number of ether oxygens (including phenoxy) is 1. The molecule has 46 heavy (non-hydrogen) atoms. The first-order chi connectivity index (χ1) is 21.7. The highest BCUT2D eigenvalue weighted by atomic mass is 32.1. The Bertz CT molecular complexity index is 1860. The number of aliphatic hydroxyl groups excluding tert-OH is 3. The van der Waals surface area contributed by atoms with E-state index in [0.717, 1.165) is 5.56 Å². The van der Waals surface area contributed by atoms with Gasteiger partial charge in [0.25, 0.3) is 5.91 Å². The summed E-state index contributed by atoms with van der Waals surface area (Å²) in [6, 6.07) is 9.15. The number of thiazole rings is 1. The summed E-state index contributed by atoms with van der Waals surface area (Å²) in [5.74, 6) is -8.75. The number of ketones is 2. The largest absolute Gasteiger partial charge is 0.510 e. The van der Waals surface area contributed by atoms with E-state index in [-0.39, 0.29) is 11.3 Å². The molecule has 8 N–H and O–H groups in total. The zero-order valence-corrected chi connectivity index (χ0v) is 26.0. The van der Waals surface area contributed by atoms with Gasteiger partial charge in [-0.2, -0.15) is 0 Å². The molecule has 1 amide bonds. The van der Waals surface area contributed by atoms with Gasteiger partial charge < -0.3 is 41.3 Å². The number of hydrogen-bond acceptors (Lipinski definition) is 13. The number of likely N-dealkylation sites (N-methyl/N-ethyl adjacent to an activating group) is 1. The number of aliphatic hydroxyl groups is 4. The second-order valence-electron chi connectivity index (χ2n) is 11.9. The monoisotopic (exact) mass is 648 g/mol. The van der Waals surface area contributed by atoms with Crippen molar-refractivity contribution in [1.82, 2.24) is 9.88 Å². The molecule has 6 rings (SSSR count). The lowest BCUT2D eigenvalue weighted by atomic mass is 9.55. The van der Waals surface area contributed by atoms with Crippen LogP contribution in [0.25, 0.3) is 11.3 Å². The number of carbonyl (C=O) groups excluding carboxylic acids is 3. The van der Waals surface area contributed by atoms with Crippen LogP contribution in [0.5, 0.6) is 11.5 Å². The van der Waals surface area contributed by atoms with E-state index in [9.17, 15) is 39.9 Å². The van der Waals surface area contributed by atoms with Gasteiger partial charge in [-0.1, -0.05) is 13.0 Å². The predicted octanol–water partition coefficient (Wildman–Crippen LogP) is 2.53. The highest BCUT2D eigenvalue weighted by Gasteiger charge is 2.67. The summed E-state index contributed by atoms with van der Waals surface area (Å²) in [4.78, 5) is 45.8. The van der Waals surface area contributed by atoms with Crippen LogP contribution in [0, 0.1) is 11.8 Å². The smallest absolute Gasteiger partial charge is 0.255 e. The van der Waals surface area contributed by atoms with Crippen molar-refractivity contribution < 1.29 is 44.7 Å². The Morgan fingerprint density at radius 2 is 1.78 bits per heavy atom. The van der Waals surface area contributed by atoms with Gasteiger partial charge in [0.1, 0.15) is 22.8 Å². The number of phenolic OH excluding ortho intramolecular Hbond substituents is 1. The first-order valence-corrected chi connectivity index (χ1v) is 15.2. The van der Waals surface area contributed by atoms with Gasteiger partial charge in [-0.25, -0.2) is 4.98 Å². The van der Waals surface area contributed by atoms with E-state index in [1.807, 2.05) is 17.5 Å². The van der Waals surface area contributed by atoms with Crippen molar-refractivity contribution in [3.05, 3.63) is 75.6 Å². The Morgan fingerprint density at radius 1 is 1.11 bits per heavy atom. The molecule has 0 bridgehead atoms. The average Bonchev–Trinajstić information content (AvgIpc) is 3.48. The first kappa shape index (κ1) is 31.2. The number of hydrogen-bond donors (Lipinski definition) is 7. The van der Waals surface area contributed by atoms with Crippen molar-refractivity contribution in [2.75, 3.05) is 26.5 Å². The van der Waals surface area contributed by atoms with E-state index >= 15 is 0 Å².